The first-order chi connectivity index (χ1) is 9.51. The Bertz CT molecular complexity index is 425. The van der Waals surface area contributed by atoms with Gasteiger partial charge in [-0.25, -0.2) is 0 Å². The Morgan fingerprint density at radius 1 is 1.45 bits per heavy atom. The van der Waals surface area contributed by atoms with Gasteiger partial charge in [0.15, 0.2) is 0 Å². The van der Waals surface area contributed by atoms with Gasteiger partial charge in [-0.2, -0.15) is 0 Å². The zero-order chi connectivity index (χ0) is 15.0. The number of carbonyl (C=O) groups is 1. The van der Waals surface area contributed by atoms with Gasteiger partial charge in [-0.1, -0.05) is 18.7 Å². The van der Waals surface area contributed by atoms with Gasteiger partial charge in [0.1, 0.15) is 5.54 Å². The van der Waals surface area contributed by atoms with E-state index in [1.807, 2.05) is 13.8 Å². The molecule has 1 atom stereocenters. The molecule has 1 aromatic rings. The Morgan fingerprint density at radius 2 is 2.20 bits per heavy atom. The van der Waals surface area contributed by atoms with Crippen molar-refractivity contribution in [1.29, 1.82) is 0 Å². The SMILES string of the molecule is CCCNC(C)(CCSc1nnc(C)o1)C(=O)OCC. The number of nitrogens with one attached hydrogen (secondary N) is 1. The van der Waals surface area contributed by atoms with E-state index in [1.54, 1.807) is 6.92 Å². The Hall–Kier alpha value is -1.08. The van der Waals surface area contributed by atoms with E-state index in [2.05, 4.69) is 22.4 Å². The van der Waals surface area contributed by atoms with Gasteiger partial charge < -0.3 is 14.5 Å². The van der Waals surface area contributed by atoms with Crippen LogP contribution in [0.5, 0.6) is 0 Å². The molecule has 0 radical (unpaired) electrons. The van der Waals surface area contributed by atoms with Crippen molar-refractivity contribution in [2.75, 3.05) is 18.9 Å². The van der Waals surface area contributed by atoms with Crippen molar-refractivity contribution in [2.45, 2.75) is 51.3 Å². The van der Waals surface area contributed by atoms with E-state index in [-0.39, 0.29) is 5.97 Å². The fourth-order valence-electron chi connectivity index (χ4n) is 1.63. The highest BCUT2D eigenvalue weighted by Gasteiger charge is 2.33. The number of carbonyl (C=O) groups excluding carboxylic acids is 1. The molecule has 20 heavy (non-hydrogen) atoms. The van der Waals surface area contributed by atoms with Crippen molar-refractivity contribution in [2.24, 2.45) is 0 Å². The second-order valence-corrected chi connectivity index (χ2v) is 5.71. The number of aryl methyl sites for hydroxylation is 1. The van der Waals surface area contributed by atoms with E-state index in [1.165, 1.54) is 11.8 Å². The highest BCUT2D eigenvalue weighted by Crippen LogP contribution is 2.21. The normalized spacial score (nSPS) is 14.0. The summed E-state index contributed by atoms with van der Waals surface area (Å²) in [5.74, 6) is 1.04. The lowest BCUT2D eigenvalue weighted by Crippen LogP contribution is -2.51. The maximum absolute atomic E-state index is 12.1. The molecule has 1 aromatic heterocycles. The van der Waals surface area contributed by atoms with Crippen LogP contribution in [0.4, 0.5) is 0 Å². The van der Waals surface area contributed by atoms with E-state index >= 15 is 0 Å². The van der Waals surface area contributed by atoms with E-state index in [0.717, 1.165) is 13.0 Å². The number of hydrogen-bond acceptors (Lipinski definition) is 7. The van der Waals surface area contributed by atoms with Crippen molar-refractivity contribution in [1.82, 2.24) is 15.5 Å². The maximum atomic E-state index is 12.1. The first-order valence-electron chi connectivity index (χ1n) is 6.87. The summed E-state index contributed by atoms with van der Waals surface area (Å²) in [5, 5.41) is 11.5. The van der Waals surface area contributed by atoms with Gasteiger partial charge in [0.2, 0.25) is 5.89 Å². The molecule has 1 rings (SSSR count). The zero-order valence-corrected chi connectivity index (χ0v) is 13.4. The predicted octanol–water partition coefficient (Wildman–Crippen LogP) is 2.18. The summed E-state index contributed by atoms with van der Waals surface area (Å²) in [6, 6.07) is 0. The lowest BCUT2D eigenvalue weighted by atomic mass is 9.99. The fourth-order valence-corrected chi connectivity index (χ4v) is 2.60. The topological polar surface area (TPSA) is 77.3 Å². The zero-order valence-electron chi connectivity index (χ0n) is 12.6. The van der Waals surface area contributed by atoms with Crippen molar-refractivity contribution in [3.05, 3.63) is 5.89 Å². The Balaban J connectivity index is 2.53. The van der Waals surface area contributed by atoms with Crippen molar-refractivity contribution in [3.8, 4) is 0 Å². The quantitative estimate of drug-likeness (QED) is 0.553. The molecule has 0 spiro atoms. The molecule has 0 aliphatic heterocycles. The van der Waals surface area contributed by atoms with Gasteiger partial charge in [0.25, 0.3) is 5.22 Å². The summed E-state index contributed by atoms with van der Waals surface area (Å²) in [6.07, 6.45) is 1.60. The fraction of sp³-hybridized carbons (Fsp3) is 0.769. The van der Waals surface area contributed by atoms with Crippen LogP contribution < -0.4 is 5.32 Å². The van der Waals surface area contributed by atoms with Crippen LogP contribution in [0.1, 0.15) is 39.5 Å². The van der Waals surface area contributed by atoms with E-state index in [4.69, 9.17) is 9.15 Å². The van der Waals surface area contributed by atoms with Crippen LogP contribution in [-0.2, 0) is 9.53 Å². The second kappa shape index (κ2) is 8.26. The van der Waals surface area contributed by atoms with Gasteiger partial charge in [-0.05, 0) is 33.2 Å². The third-order valence-corrected chi connectivity index (χ3v) is 3.65. The van der Waals surface area contributed by atoms with Crippen LogP contribution >= 0.6 is 11.8 Å². The summed E-state index contributed by atoms with van der Waals surface area (Å²) in [6.45, 7) is 8.67. The lowest BCUT2D eigenvalue weighted by Gasteiger charge is -2.28. The van der Waals surface area contributed by atoms with Crippen molar-refractivity contribution in [3.63, 3.8) is 0 Å². The number of esters is 1. The summed E-state index contributed by atoms with van der Waals surface area (Å²) >= 11 is 1.45. The van der Waals surface area contributed by atoms with Crippen LogP contribution in [0.25, 0.3) is 0 Å². The minimum absolute atomic E-state index is 0.212. The highest BCUT2D eigenvalue weighted by molar-refractivity contribution is 7.99. The average Bonchev–Trinajstić information content (AvgIpc) is 2.82. The van der Waals surface area contributed by atoms with Crippen molar-refractivity contribution >= 4 is 17.7 Å². The molecule has 0 bridgehead atoms. The first kappa shape index (κ1) is 17.0. The number of ether oxygens (including phenoxy) is 1. The molecular weight excluding hydrogens is 278 g/mol. The number of aromatic nitrogens is 2. The number of rotatable bonds is 9. The third kappa shape index (κ3) is 5.13. The van der Waals surface area contributed by atoms with Crippen molar-refractivity contribution < 1.29 is 13.9 Å². The Labute approximate surface area is 124 Å². The molecule has 0 fully saturated rings. The summed E-state index contributed by atoms with van der Waals surface area (Å²) in [4.78, 5) is 12.1. The minimum Gasteiger partial charge on any atom is -0.465 e. The average molecular weight is 301 g/mol. The molecule has 1 unspecified atom stereocenters. The van der Waals surface area contributed by atoms with Crippen LogP contribution in [0.15, 0.2) is 9.64 Å². The van der Waals surface area contributed by atoms with E-state index < -0.39 is 5.54 Å². The number of nitrogens with zero attached hydrogens (tertiary/aromatic N) is 2. The molecule has 7 heteroatoms. The van der Waals surface area contributed by atoms with E-state index in [9.17, 15) is 4.79 Å². The molecule has 0 aliphatic rings. The lowest BCUT2D eigenvalue weighted by molar-refractivity contribution is -0.150. The smallest absolute Gasteiger partial charge is 0.326 e. The first-order valence-corrected chi connectivity index (χ1v) is 7.85. The molecule has 1 heterocycles. The standard InChI is InChI=1S/C13H23N3O3S/c1-5-8-14-13(4,11(17)18-6-2)7-9-20-12-16-15-10(3)19-12/h14H,5-9H2,1-4H3. The maximum Gasteiger partial charge on any atom is 0.326 e. The van der Waals surface area contributed by atoms with Crippen LogP contribution in [-0.4, -0.2) is 40.6 Å². The van der Waals surface area contributed by atoms with Gasteiger partial charge in [0.05, 0.1) is 6.61 Å². The molecule has 6 nitrogen and oxygen atoms in total. The van der Waals surface area contributed by atoms with E-state index in [0.29, 0.717) is 29.9 Å². The van der Waals surface area contributed by atoms with Gasteiger partial charge >= 0.3 is 5.97 Å². The highest BCUT2D eigenvalue weighted by atomic mass is 32.2. The Kier molecular flexibility index (Phi) is 7.01. The summed E-state index contributed by atoms with van der Waals surface area (Å²) in [7, 11) is 0. The third-order valence-electron chi connectivity index (χ3n) is 2.83. The van der Waals surface area contributed by atoms with Gasteiger partial charge in [-0.3, -0.25) is 4.79 Å². The largest absolute Gasteiger partial charge is 0.465 e. The molecule has 0 amide bonds. The van der Waals surface area contributed by atoms with Crippen LogP contribution in [0, 0.1) is 6.92 Å². The molecule has 0 aliphatic carbocycles. The van der Waals surface area contributed by atoms with Crippen LogP contribution in [0.3, 0.4) is 0 Å². The Morgan fingerprint density at radius 3 is 2.75 bits per heavy atom. The molecule has 0 saturated heterocycles. The molecule has 1 N–H and O–H groups in total. The second-order valence-electron chi connectivity index (χ2n) is 4.66. The van der Waals surface area contributed by atoms with Gasteiger partial charge in [0, 0.05) is 12.7 Å². The summed E-state index contributed by atoms with van der Waals surface area (Å²) < 4.78 is 10.4. The molecule has 0 aromatic carbocycles. The minimum atomic E-state index is -0.673. The predicted molar refractivity (Wildman–Crippen MR) is 77.7 cm³/mol. The molecule has 0 saturated carbocycles. The summed E-state index contributed by atoms with van der Waals surface area (Å²) in [5.41, 5.74) is -0.673. The number of hydrogen-bond donors (Lipinski definition) is 1. The molecular formula is C13H23N3O3S. The monoisotopic (exact) mass is 301 g/mol. The van der Waals surface area contributed by atoms with Gasteiger partial charge in [-0.15, -0.1) is 10.2 Å². The number of thioether (sulfide) groups is 1. The van der Waals surface area contributed by atoms with Crippen LogP contribution in [0.2, 0.25) is 0 Å². The molecule has 114 valence electrons.